The summed E-state index contributed by atoms with van der Waals surface area (Å²) >= 11 is 12.1. The minimum atomic E-state index is 0.145. The van der Waals surface area contributed by atoms with Crippen molar-refractivity contribution in [3.8, 4) is 5.88 Å². The molecule has 1 aliphatic rings. The first kappa shape index (κ1) is 13.3. The third-order valence-electron chi connectivity index (χ3n) is 2.84. The van der Waals surface area contributed by atoms with E-state index < -0.39 is 0 Å². The number of aromatic amines is 1. The lowest BCUT2D eigenvalue weighted by molar-refractivity contribution is 0.294. The van der Waals surface area contributed by atoms with Crippen LogP contribution in [0, 0.1) is 0 Å². The Balaban J connectivity index is 2.02. The summed E-state index contributed by atoms with van der Waals surface area (Å²) in [6, 6.07) is 0.145. The van der Waals surface area contributed by atoms with Gasteiger partial charge in [0.05, 0.1) is 12.8 Å². The number of hydrogen-bond donors (Lipinski definition) is 3. The number of aromatic nitrogens is 4. The van der Waals surface area contributed by atoms with E-state index in [4.69, 9.17) is 27.9 Å². The highest BCUT2D eigenvalue weighted by atomic mass is 35.5. The van der Waals surface area contributed by atoms with Gasteiger partial charge in [-0.3, -0.25) is 5.10 Å². The highest BCUT2D eigenvalue weighted by molar-refractivity contribution is 6.33. The molecule has 2 aromatic heterocycles. The van der Waals surface area contributed by atoms with Crippen molar-refractivity contribution in [3.05, 3.63) is 16.4 Å². The van der Waals surface area contributed by atoms with Gasteiger partial charge in [0.2, 0.25) is 5.95 Å². The first-order valence-electron chi connectivity index (χ1n) is 6.06. The quantitative estimate of drug-likeness (QED) is 0.693. The van der Waals surface area contributed by atoms with Crippen LogP contribution >= 0.6 is 23.2 Å². The van der Waals surface area contributed by atoms with Crippen molar-refractivity contribution >= 4 is 40.7 Å². The molecule has 20 heavy (non-hydrogen) atoms. The Labute approximate surface area is 125 Å². The molecule has 1 aliphatic heterocycles. The molecule has 2 bridgehead atoms. The standard InChI is InChI=1S/C11H12Cl2N6O/c1-5-2-3-20-10-7(8(13)18-19-10)16-11-14-4-6(12)9(15-5)17-11/h4-5H,2-3H2,1H3,(H,18,19)(H2,14,15,16,17). The van der Waals surface area contributed by atoms with E-state index >= 15 is 0 Å². The molecule has 0 amide bonds. The molecule has 1 unspecified atom stereocenters. The summed E-state index contributed by atoms with van der Waals surface area (Å²) in [6.45, 7) is 2.51. The van der Waals surface area contributed by atoms with E-state index in [1.165, 1.54) is 6.20 Å². The van der Waals surface area contributed by atoms with E-state index in [2.05, 4.69) is 30.8 Å². The van der Waals surface area contributed by atoms with E-state index in [9.17, 15) is 0 Å². The SMILES string of the molecule is CC1CCOc2n[nH]c(Cl)c2Nc2ncc(Cl)c(n2)N1. The number of H-pyrrole nitrogens is 1. The van der Waals surface area contributed by atoms with Crippen LogP contribution in [-0.2, 0) is 0 Å². The van der Waals surface area contributed by atoms with Crippen LogP contribution in [0.5, 0.6) is 5.88 Å². The Morgan fingerprint density at radius 1 is 1.40 bits per heavy atom. The molecule has 106 valence electrons. The molecule has 0 aliphatic carbocycles. The number of nitrogens with zero attached hydrogens (tertiary/aromatic N) is 3. The number of halogens is 2. The number of hydrogen-bond acceptors (Lipinski definition) is 6. The van der Waals surface area contributed by atoms with E-state index in [-0.39, 0.29) is 6.04 Å². The van der Waals surface area contributed by atoms with Gasteiger partial charge in [-0.05, 0) is 6.92 Å². The van der Waals surface area contributed by atoms with Crippen LogP contribution in [0.4, 0.5) is 17.5 Å². The van der Waals surface area contributed by atoms with Crippen LogP contribution in [0.25, 0.3) is 0 Å². The van der Waals surface area contributed by atoms with Crippen molar-refractivity contribution < 1.29 is 4.74 Å². The number of ether oxygens (including phenoxy) is 1. The molecule has 7 nitrogen and oxygen atoms in total. The maximum Gasteiger partial charge on any atom is 0.258 e. The second-order valence-electron chi connectivity index (χ2n) is 4.42. The summed E-state index contributed by atoms with van der Waals surface area (Å²) in [5.74, 6) is 1.32. The Morgan fingerprint density at radius 2 is 2.25 bits per heavy atom. The number of rotatable bonds is 0. The molecule has 2 aromatic rings. The summed E-state index contributed by atoms with van der Waals surface area (Å²) in [5, 5.41) is 13.6. The van der Waals surface area contributed by atoms with Gasteiger partial charge in [-0.2, -0.15) is 4.98 Å². The third kappa shape index (κ3) is 2.59. The molecule has 0 saturated carbocycles. The largest absolute Gasteiger partial charge is 0.475 e. The van der Waals surface area contributed by atoms with E-state index in [1.54, 1.807) is 0 Å². The maximum atomic E-state index is 6.08. The molecular formula is C11H12Cl2N6O. The van der Waals surface area contributed by atoms with Crippen molar-refractivity contribution in [2.24, 2.45) is 0 Å². The Bertz CT molecular complexity index is 631. The minimum Gasteiger partial charge on any atom is -0.475 e. The zero-order valence-corrected chi connectivity index (χ0v) is 12.1. The van der Waals surface area contributed by atoms with Gasteiger partial charge >= 0.3 is 0 Å². The Hall–Kier alpha value is -1.73. The van der Waals surface area contributed by atoms with Gasteiger partial charge in [0.25, 0.3) is 5.88 Å². The summed E-state index contributed by atoms with van der Waals surface area (Å²) in [4.78, 5) is 8.43. The molecular weight excluding hydrogens is 303 g/mol. The fraction of sp³-hybridized carbons (Fsp3) is 0.364. The molecule has 0 fully saturated rings. The van der Waals surface area contributed by atoms with Crippen LogP contribution in [0.1, 0.15) is 13.3 Å². The lowest BCUT2D eigenvalue weighted by Crippen LogP contribution is -2.19. The van der Waals surface area contributed by atoms with Gasteiger partial charge in [0.15, 0.2) is 11.0 Å². The van der Waals surface area contributed by atoms with E-state index in [1.807, 2.05) is 6.92 Å². The second kappa shape index (κ2) is 5.34. The van der Waals surface area contributed by atoms with Gasteiger partial charge in [0.1, 0.15) is 10.7 Å². The Kier molecular flexibility index (Phi) is 3.54. The number of anilines is 3. The fourth-order valence-electron chi connectivity index (χ4n) is 1.80. The van der Waals surface area contributed by atoms with Crippen molar-refractivity contribution in [2.45, 2.75) is 19.4 Å². The van der Waals surface area contributed by atoms with Crippen LogP contribution < -0.4 is 15.4 Å². The third-order valence-corrected chi connectivity index (χ3v) is 3.39. The van der Waals surface area contributed by atoms with Crippen molar-refractivity contribution in [3.63, 3.8) is 0 Å². The average Bonchev–Trinajstić information content (AvgIpc) is 2.74. The molecule has 3 heterocycles. The number of fused-ring (bicyclic) bond motifs is 3. The predicted molar refractivity (Wildman–Crippen MR) is 77.1 cm³/mol. The van der Waals surface area contributed by atoms with E-state index in [0.717, 1.165) is 6.42 Å². The molecule has 3 N–H and O–H groups in total. The van der Waals surface area contributed by atoms with Crippen molar-refractivity contribution in [1.29, 1.82) is 0 Å². The molecule has 0 radical (unpaired) electrons. The zero-order valence-electron chi connectivity index (χ0n) is 10.6. The smallest absolute Gasteiger partial charge is 0.258 e. The van der Waals surface area contributed by atoms with Gasteiger partial charge < -0.3 is 15.4 Å². The molecule has 0 saturated heterocycles. The number of nitrogens with one attached hydrogen (secondary N) is 3. The minimum absolute atomic E-state index is 0.145. The first-order chi connectivity index (χ1) is 9.63. The monoisotopic (exact) mass is 314 g/mol. The summed E-state index contributed by atoms with van der Waals surface area (Å²) in [6.07, 6.45) is 2.29. The van der Waals surface area contributed by atoms with Crippen LogP contribution in [0.3, 0.4) is 0 Å². The average molecular weight is 315 g/mol. The molecule has 1 atom stereocenters. The summed E-state index contributed by atoms with van der Waals surface area (Å²) in [5.41, 5.74) is 0.509. The lowest BCUT2D eigenvalue weighted by Gasteiger charge is -2.14. The van der Waals surface area contributed by atoms with Gasteiger partial charge in [-0.1, -0.05) is 23.2 Å². The Morgan fingerprint density at radius 3 is 3.10 bits per heavy atom. The van der Waals surface area contributed by atoms with E-state index in [0.29, 0.717) is 40.1 Å². The maximum absolute atomic E-state index is 6.08. The van der Waals surface area contributed by atoms with Crippen molar-refractivity contribution in [2.75, 3.05) is 17.2 Å². The van der Waals surface area contributed by atoms with Crippen LogP contribution in [0.2, 0.25) is 10.2 Å². The second-order valence-corrected chi connectivity index (χ2v) is 5.20. The van der Waals surface area contributed by atoms with Gasteiger partial charge in [-0.25, -0.2) is 4.98 Å². The molecule has 0 spiro atoms. The normalized spacial score (nSPS) is 18.1. The molecule has 3 rings (SSSR count). The van der Waals surface area contributed by atoms with Crippen LogP contribution in [-0.4, -0.2) is 32.8 Å². The lowest BCUT2D eigenvalue weighted by atomic mass is 10.2. The highest BCUT2D eigenvalue weighted by Gasteiger charge is 2.18. The predicted octanol–water partition coefficient (Wildman–Crippen LogP) is 2.83. The van der Waals surface area contributed by atoms with Crippen molar-refractivity contribution in [1.82, 2.24) is 20.2 Å². The van der Waals surface area contributed by atoms with Gasteiger partial charge in [0, 0.05) is 12.5 Å². The topological polar surface area (TPSA) is 87.8 Å². The summed E-state index contributed by atoms with van der Waals surface area (Å²) in [7, 11) is 0. The molecule has 0 aromatic carbocycles. The highest BCUT2D eigenvalue weighted by Crippen LogP contribution is 2.33. The zero-order chi connectivity index (χ0) is 14.1. The first-order valence-corrected chi connectivity index (χ1v) is 6.82. The van der Waals surface area contributed by atoms with Gasteiger partial charge in [-0.15, -0.1) is 5.10 Å². The summed E-state index contributed by atoms with van der Waals surface area (Å²) < 4.78 is 5.60. The fourth-order valence-corrected chi connectivity index (χ4v) is 2.11. The van der Waals surface area contributed by atoms with Crippen LogP contribution in [0.15, 0.2) is 6.20 Å². The molecule has 9 heteroatoms.